The van der Waals surface area contributed by atoms with Gasteiger partial charge < -0.3 is 5.32 Å². The fourth-order valence-corrected chi connectivity index (χ4v) is 5.28. The van der Waals surface area contributed by atoms with E-state index in [2.05, 4.69) is 35.8 Å². The van der Waals surface area contributed by atoms with E-state index in [9.17, 15) is 0 Å². The molecule has 0 radical (unpaired) electrons. The van der Waals surface area contributed by atoms with Crippen LogP contribution in [0.25, 0.3) is 0 Å². The minimum absolute atomic E-state index is 0.340. The van der Waals surface area contributed by atoms with E-state index in [0.717, 1.165) is 17.1 Å². The van der Waals surface area contributed by atoms with Gasteiger partial charge in [0.25, 0.3) is 0 Å². The molecule has 1 aliphatic carbocycles. The van der Waals surface area contributed by atoms with Crippen LogP contribution >= 0.6 is 34.5 Å². The minimum atomic E-state index is 0.340. The molecule has 2 aliphatic rings. The molecule has 3 atom stereocenters. The topological polar surface area (TPSA) is 12.0 Å². The average molecular weight is 336 g/mol. The van der Waals surface area contributed by atoms with Crippen molar-refractivity contribution in [3.05, 3.63) is 61.8 Å². The Morgan fingerprint density at radius 3 is 2.90 bits per heavy atom. The third kappa shape index (κ3) is 2.12. The smallest absolute Gasteiger partial charge is 0.0649 e. The van der Waals surface area contributed by atoms with Crippen molar-refractivity contribution in [3.63, 3.8) is 0 Å². The first kappa shape index (κ1) is 13.7. The van der Waals surface area contributed by atoms with Crippen LogP contribution in [0.5, 0.6) is 0 Å². The van der Waals surface area contributed by atoms with Crippen LogP contribution < -0.4 is 5.32 Å². The molecular weight excluding hydrogens is 321 g/mol. The summed E-state index contributed by atoms with van der Waals surface area (Å²) in [6, 6.07) is 6.39. The Balaban J connectivity index is 1.86. The zero-order valence-electron chi connectivity index (χ0n) is 11.6. The Kier molecular flexibility index (Phi) is 3.29. The van der Waals surface area contributed by atoms with Gasteiger partial charge in [-0.1, -0.05) is 35.4 Å². The van der Waals surface area contributed by atoms with Gasteiger partial charge >= 0.3 is 0 Å². The summed E-state index contributed by atoms with van der Waals surface area (Å²) in [7, 11) is 0. The van der Waals surface area contributed by atoms with Crippen LogP contribution in [0.15, 0.2) is 35.7 Å². The molecule has 1 N–H and O–H groups in total. The van der Waals surface area contributed by atoms with E-state index in [1.807, 2.05) is 23.5 Å². The lowest BCUT2D eigenvalue weighted by Gasteiger charge is -2.37. The number of benzene rings is 1. The maximum Gasteiger partial charge on any atom is 0.0649 e. The van der Waals surface area contributed by atoms with Crippen LogP contribution in [0.3, 0.4) is 0 Å². The van der Waals surface area contributed by atoms with Crippen LogP contribution in [0, 0.1) is 12.8 Å². The van der Waals surface area contributed by atoms with Crippen molar-refractivity contribution in [2.45, 2.75) is 25.3 Å². The molecule has 1 aromatic heterocycles. The van der Waals surface area contributed by atoms with E-state index >= 15 is 0 Å². The number of thiophene rings is 1. The van der Waals surface area contributed by atoms with Crippen molar-refractivity contribution in [2.24, 2.45) is 5.92 Å². The molecule has 4 rings (SSSR count). The first-order valence-electron chi connectivity index (χ1n) is 7.11. The molecule has 0 saturated heterocycles. The quantitative estimate of drug-likeness (QED) is 0.612. The summed E-state index contributed by atoms with van der Waals surface area (Å²) in [5.41, 5.74) is 3.64. The molecule has 0 bridgehead atoms. The van der Waals surface area contributed by atoms with Gasteiger partial charge in [0.05, 0.1) is 6.04 Å². The van der Waals surface area contributed by atoms with E-state index in [0.29, 0.717) is 22.9 Å². The summed E-state index contributed by atoms with van der Waals surface area (Å²) < 4.78 is 0. The molecule has 21 heavy (non-hydrogen) atoms. The molecule has 1 aliphatic heterocycles. The van der Waals surface area contributed by atoms with Crippen molar-refractivity contribution in [1.82, 2.24) is 0 Å². The van der Waals surface area contributed by atoms with Gasteiger partial charge in [-0.15, -0.1) is 11.3 Å². The molecular formula is C17H15Cl2NS. The number of fused-ring (bicyclic) bond motifs is 3. The number of hydrogen-bond acceptors (Lipinski definition) is 2. The molecule has 1 nitrogen and oxygen atoms in total. The van der Waals surface area contributed by atoms with E-state index in [1.54, 1.807) is 0 Å². The van der Waals surface area contributed by atoms with E-state index in [4.69, 9.17) is 23.2 Å². The molecule has 0 saturated carbocycles. The standard InChI is InChI=1S/C17H15Cl2NS/c1-9-5-6-21-17(9)16-12-4-2-3-11(12)15-13(19)7-10(18)8-14(15)20-16/h2-3,5-8,11-12,16,20H,4H2,1H3. The second kappa shape index (κ2) is 5.05. The number of anilines is 1. The van der Waals surface area contributed by atoms with Gasteiger partial charge in [0.1, 0.15) is 0 Å². The highest BCUT2D eigenvalue weighted by atomic mass is 35.5. The van der Waals surface area contributed by atoms with Gasteiger partial charge in [-0.2, -0.15) is 0 Å². The van der Waals surface area contributed by atoms with Gasteiger partial charge in [-0.05, 0) is 48.4 Å². The maximum atomic E-state index is 6.46. The number of rotatable bonds is 1. The highest BCUT2D eigenvalue weighted by molar-refractivity contribution is 7.10. The Hall–Kier alpha value is -0.960. The zero-order chi connectivity index (χ0) is 14.6. The third-order valence-corrected chi connectivity index (χ3v) is 6.20. The van der Waals surface area contributed by atoms with Gasteiger partial charge in [-0.25, -0.2) is 0 Å². The number of allylic oxidation sites excluding steroid dienone is 2. The second-order valence-corrected chi connectivity index (χ2v) is 7.58. The van der Waals surface area contributed by atoms with Gasteiger partial charge in [-0.3, -0.25) is 0 Å². The lowest BCUT2D eigenvalue weighted by atomic mass is 9.78. The SMILES string of the molecule is Cc1ccsc1C1Nc2cc(Cl)cc(Cl)c2C2C=CCC21. The highest BCUT2D eigenvalue weighted by Gasteiger charge is 2.40. The molecule has 0 spiro atoms. The fraction of sp³-hybridized carbons (Fsp3) is 0.294. The fourth-order valence-electron chi connectivity index (χ4n) is 3.61. The molecule has 3 unspecified atom stereocenters. The summed E-state index contributed by atoms with van der Waals surface area (Å²) in [6.45, 7) is 2.19. The predicted octanol–water partition coefficient (Wildman–Crippen LogP) is 6.19. The number of hydrogen-bond donors (Lipinski definition) is 1. The van der Waals surface area contributed by atoms with E-state index in [1.165, 1.54) is 16.0 Å². The lowest BCUT2D eigenvalue weighted by Crippen LogP contribution is -2.29. The summed E-state index contributed by atoms with van der Waals surface area (Å²) in [5, 5.41) is 7.33. The van der Waals surface area contributed by atoms with Crippen LogP contribution in [0.1, 0.15) is 34.4 Å². The Morgan fingerprint density at radius 1 is 1.29 bits per heavy atom. The van der Waals surface area contributed by atoms with Crippen molar-refractivity contribution < 1.29 is 0 Å². The summed E-state index contributed by atoms with van der Waals surface area (Å²) in [4.78, 5) is 1.43. The number of nitrogens with one attached hydrogen (secondary N) is 1. The van der Waals surface area contributed by atoms with E-state index in [-0.39, 0.29) is 0 Å². The van der Waals surface area contributed by atoms with Crippen molar-refractivity contribution >= 4 is 40.2 Å². The van der Waals surface area contributed by atoms with Crippen molar-refractivity contribution in [1.29, 1.82) is 0 Å². The summed E-state index contributed by atoms with van der Waals surface area (Å²) in [5.74, 6) is 0.922. The first-order valence-corrected chi connectivity index (χ1v) is 8.75. The van der Waals surface area contributed by atoms with Crippen LogP contribution in [0.2, 0.25) is 10.0 Å². The number of halogens is 2. The average Bonchev–Trinajstić information content (AvgIpc) is 3.05. The highest BCUT2D eigenvalue weighted by Crippen LogP contribution is 2.53. The minimum Gasteiger partial charge on any atom is -0.377 e. The Morgan fingerprint density at radius 2 is 2.14 bits per heavy atom. The van der Waals surface area contributed by atoms with Gasteiger partial charge in [0, 0.05) is 32.1 Å². The molecule has 0 amide bonds. The third-order valence-electron chi connectivity index (χ3n) is 4.56. The molecule has 1 aromatic carbocycles. The molecule has 4 heteroatoms. The molecule has 108 valence electrons. The van der Waals surface area contributed by atoms with Crippen LogP contribution in [-0.2, 0) is 0 Å². The Labute approximate surface area is 138 Å². The Bertz CT molecular complexity index is 734. The van der Waals surface area contributed by atoms with Crippen molar-refractivity contribution in [2.75, 3.05) is 5.32 Å². The molecule has 0 fully saturated rings. The largest absolute Gasteiger partial charge is 0.377 e. The summed E-state index contributed by atoms with van der Waals surface area (Å²) >= 11 is 14.5. The van der Waals surface area contributed by atoms with E-state index < -0.39 is 0 Å². The summed E-state index contributed by atoms with van der Waals surface area (Å²) in [6.07, 6.45) is 5.69. The molecule has 2 heterocycles. The first-order chi connectivity index (χ1) is 10.1. The van der Waals surface area contributed by atoms with Gasteiger partial charge in [0.2, 0.25) is 0 Å². The second-order valence-electron chi connectivity index (χ2n) is 5.79. The zero-order valence-corrected chi connectivity index (χ0v) is 13.9. The monoisotopic (exact) mass is 335 g/mol. The number of aryl methyl sites for hydroxylation is 1. The predicted molar refractivity (Wildman–Crippen MR) is 91.9 cm³/mol. The molecule has 2 aromatic rings. The van der Waals surface area contributed by atoms with Crippen LogP contribution in [0.4, 0.5) is 5.69 Å². The van der Waals surface area contributed by atoms with Crippen LogP contribution in [-0.4, -0.2) is 0 Å². The lowest BCUT2D eigenvalue weighted by molar-refractivity contribution is 0.429. The maximum absolute atomic E-state index is 6.46. The normalized spacial score (nSPS) is 26.3. The van der Waals surface area contributed by atoms with Gasteiger partial charge in [0.15, 0.2) is 0 Å². The van der Waals surface area contributed by atoms with Crippen molar-refractivity contribution in [3.8, 4) is 0 Å².